The number of amides is 2. The number of hydrogen-bond acceptors (Lipinski definition) is 3. The zero-order valence-electron chi connectivity index (χ0n) is 9.19. The van der Waals surface area contributed by atoms with Crippen molar-refractivity contribution < 1.29 is 9.90 Å². The number of hydrogen-bond donors (Lipinski definition) is 3. The fraction of sp³-hybridized carbons (Fsp3) is 0.364. The van der Waals surface area contributed by atoms with Crippen molar-refractivity contribution in [2.24, 2.45) is 0 Å². The Morgan fingerprint density at radius 3 is 2.88 bits per heavy atom. The highest BCUT2D eigenvalue weighted by Crippen LogP contribution is 2.24. The lowest BCUT2D eigenvalue weighted by Crippen LogP contribution is -2.30. The third kappa shape index (κ3) is 4.12. The number of carbonyl (C=O) groups is 1. The first kappa shape index (κ1) is 12.9. The van der Waals surface area contributed by atoms with Gasteiger partial charge in [0.1, 0.15) is 0 Å². The fourth-order valence-corrected chi connectivity index (χ4v) is 1.75. The Balaban J connectivity index is 2.49. The zero-order chi connectivity index (χ0) is 11.8. The molecule has 0 saturated carbocycles. The summed E-state index contributed by atoms with van der Waals surface area (Å²) in [6.45, 7) is 0.561. The van der Waals surface area contributed by atoms with Crippen LogP contribution in [-0.2, 0) is 0 Å². The van der Waals surface area contributed by atoms with E-state index in [1.165, 1.54) is 0 Å². The van der Waals surface area contributed by atoms with Crippen LogP contribution in [0.1, 0.15) is 6.42 Å². The second kappa shape index (κ2) is 7.14. The van der Waals surface area contributed by atoms with Gasteiger partial charge in [0.15, 0.2) is 0 Å². The lowest BCUT2D eigenvalue weighted by molar-refractivity contribution is 0.249. The molecular weight excluding hydrogens is 224 g/mol. The van der Waals surface area contributed by atoms with Crippen molar-refractivity contribution in [2.75, 3.05) is 24.7 Å². The third-order valence-corrected chi connectivity index (χ3v) is 2.77. The number of aliphatic hydroxyl groups excluding tert-OH is 1. The van der Waals surface area contributed by atoms with Crippen molar-refractivity contribution >= 4 is 23.5 Å². The number of urea groups is 1. The lowest BCUT2D eigenvalue weighted by Gasteiger charge is -2.09. The van der Waals surface area contributed by atoms with Gasteiger partial charge in [0.05, 0.1) is 5.69 Å². The topological polar surface area (TPSA) is 61.4 Å². The van der Waals surface area contributed by atoms with Gasteiger partial charge in [-0.3, -0.25) is 0 Å². The maximum Gasteiger partial charge on any atom is 0.319 e. The molecule has 1 aromatic rings. The van der Waals surface area contributed by atoms with E-state index in [0.29, 0.717) is 13.0 Å². The third-order valence-electron chi connectivity index (χ3n) is 1.98. The number of para-hydroxylation sites is 1. The van der Waals surface area contributed by atoms with Gasteiger partial charge in [-0.15, -0.1) is 11.8 Å². The minimum absolute atomic E-state index is 0.0850. The Hall–Kier alpha value is -1.20. The van der Waals surface area contributed by atoms with Crippen molar-refractivity contribution in [1.29, 1.82) is 0 Å². The van der Waals surface area contributed by atoms with E-state index in [4.69, 9.17) is 5.11 Å². The molecule has 0 bridgehead atoms. The minimum atomic E-state index is -0.241. The first-order valence-corrected chi connectivity index (χ1v) is 6.29. The molecule has 3 N–H and O–H groups in total. The highest BCUT2D eigenvalue weighted by Gasteiger charge is 2.04. The predicted octanol–water partition coefficient (Wildman–Crippen LogP) is 1.91. The smallest absolute Gasteiger partial charge is 0.319 e. The fourth-order valence-electron chi connectivity index (χ4n) is 1.20. The van der Waals surface area contributed by atoms with E-state index in [1.807, 2.05) is 30.5 Å². The monoisotopic (exact) mass is 240 g/mol. The van der Waals surface area contributed by atoms with Crippen LogP contribution in [0.2, 0.25) is 0 Å². The van der Waals surface area contributed by atoms with E-state index in [1.54, 1.807) is 11.8 Å². The van der Waals surface area contributed by atoms with Gasteiger partial charge in [0, 0.05) is 18.0 Å². The molecule has 5 heteroatoms. The van der Waals surface area contributed by atoms with E-state index in [9.17, 15) is 4.79 Å². The van der Waals surface area contributed by atoms with E-state index in [-0.39, 0.29) is 12.6 Å². The molecule has 4 nitrogen and oxygen atoms in total. The number of anilines is 1. The molecule has 0 radical (unpaired) electrons. The highest BCUT2D eigenvalue weighted by atomic mass is 32.2. The number of thioether (sulfide) groups is 1. The average Bonchev–Trinajstić information content (AvgIpc) is 2.30. The molecule has 0 spiro atoms. The summed E-state index contributed by atoms with van der Waals surface area (Å²) >= 11 is 1.58. The Bertz CT molecular complexity index is 345. The molecule has 2 amide bonds. The maximum atomic E-state index is 11.4. The molecule has 0 fully saturated rings. The molecule has 16 heavy (non-hydrogen) atoms. The number of benzene rings is 1. The Labute approximate surface area is 99.4 Å². The Morgan fingerprint density at radius 1 is 1.44 bits per heavy atom. The summed E-state index contributed by atoms with van der Waals surface area (Å²) in [6, 6.07) is 7.38. The quantitative estimate of drug-likeness (QED) is 0.544. The number of carbonyl (C=O) groups excluding carboxylic acids is 1. The van der Waals surface area contributed by atoms with Crippen molar-refractivity contribution in [3.05, 3.63) is 24.3 Å². The van der Waals surface area contributed by atoms with E-state index in [0.717, 1.165) is 10.6 Å². The summed E-state index contributed by atoms with van der Waals surface area (Å²) in [4.78, 5) is 12.5. The van der Waals surface area contributed by atoms with Crippen molar-refractivity contribution in [1.82, 2.24) is 5.32 Å². The molecule has 88 valence electrons. The molecule has 0 aliphatic rings. The summed E-state index contributed by atoms with van der Waals surface area (Å²) in [5.74, 6) is 0. The average molecular weight is 240 g/mol. The van der Waals surface area contributed by atoms with Crippen LogP contribution in [0.15, 0.2) is 29.2 Å². The minimum Gasteiger partial charge on any atom is -0.396 e. The summed E-state index contributed by atoms with van der Waals surface area (Å²) in [6.07, 6.45) is 2.53. The molecule has 0 aliphatic carbocycles. The van der Waals surface area contributed by atoms with Crippen LogP contribution >= 0.6 is 11.8 Å². The van der Waals surface area contributed by atoms with Gasteiger partial charge < -0.3 is 15.7 Å². The number of aliphatic hydroxyl groups is 1. The van der Waals surface area contributed by atoms with Gasteiger partial charge in [-0.05, 0) is 24.8 Å². The van der Waals surface area contributed by atoms with E-state index < -0.39 is 0 Å². The second-order valence-electron chi connectivity index (χ2n) is 3.16. The summed E-state index contributed by atoms with van der Waals surface area (Å²) in [7, 11) is 0. The lowest BCUT2D eigenvalue weighted by atomic mass is 10.3. The SMILES string of the molecule is CSc1ccccc1NC(=O)NCCCO. The maximum absolute atomic E-state index is 11.4. The van der Waals surface area contributed by atoms with Gasteiger partial charge in [0.25, 0.3) is 0 Å². The highest BCUT2D eigenvalue weighted by molar-refractivity contribution is 7.98. The van der Waals surface area contributed by atoms with E-state index in [2.05, 4.69) is 10.6 Å². The van der Waals surface area contributed by atoms with Crippen LogP contribution in [0.3, 0.4) is 0 Å². The van der Waals surface area contributed by atoms with E-state index >= 15 is 0 Å². The van der Waals surface area contributed by atoms with Crippen LogP contribution in [0, 0.1) is 0 Å². The molecule has 0 atom stereocenters. The van der Waals surface area contributed by atoms with Crippen LogP contribution in [0.4, 0.5) is 10.5 Å². The molecule has 1 aromatic carbocycles. The number of nitrogens with one attached hydrogen (secondary N) is 2. The van der Waals surface area contributed by atoms with Crippen LogP contribution in [-0.4, -0.2) is 30.5 Å². The van der Waals surface area contributed by atoms with Gasteiger partial charge in [-0.1, -0.05) is 12.1 Å². The van der Waals surface area contributed by atoms with Gasteiger partial charge in [-0.25, -0.2) is 4.79 Å². The van der Waals surface area contributed by atoms with Crippen LogP contribution < -0.4 is 10.6 Å². The molecule has 0 aliphatic heterocycles. The first-order chi connectivity index (χ1) is 7.77. The first-order valence-electron chi connectivity index (χ1n) is 5.06. The molecule has 0 aromatic heterocycles. The summed E-state index contributed by atoms with van der Waals surface area (Å²) in [5.41, 5.74) is 0.802. The molecule has 1 rings (SSSR count). The summed E-state index contributed by atoms with van der Waals surface area (Å²) < 4.78 is 0. The van der Waals surface area contributed by atoms with Gasteiger partial charge >= 0.3 is 6.03 Å². The zero-order valence-corrected chi connectivity index (χ0v) is 10.0. The molecule has 0 unspecified atom stereocenters. The van der Waals surface area contributed by atoms with Crippen molar-refractivity contribution in [3.63, 3.8) is 0 Å². The van der Waals surface area contributed by atoms with Crippen LogP contribution in [0.25, 0.3) is 0 Å². The van der Waals surface area contributed by atoms with Crippen molar-refractivity contribution in [2.45, 2.75) is 11.3 Å². The molecule has 0 heterocycles. The second-order valence-corrected chi connectivity index (χ2v) is 4.01. The Kier molecular flexibility index (Phi) is 5.74. The Morgan fingerprint density at radius 2 is 2.19 bits per heavy atom. The van der Waals surface area contributed by atoms with Gasteiger partial charge in [0.2, 0.25) is 0 Å². The van der Waals surface area contributed by atoms with Gasteiger partial charge in [-0.2, -0.15) is 0 Å². The number of rotatable bonds is 5. The molecular formula is C11H16N2O2S. The normalized spacial score (nSPS) is 9.88. The standard InChI is InChI=1S/C11H16N2O2S/c1-16-10-6-3-2-5-9(10)13-11(15)12-7-4-8-14/h2-3,5-6,14H,4,7-8H2,1H3,(H2,12,13,15). The van der Waals surface area contributed by atoms with Crippen molar-refractivity contribution in [3.8, 4) is 0 Å². The van der Waals surface area contributed by atoms with Crippen LogP contribution in [0.5, 0.6) is 0 Å². The predicted molar refractivity (Wildman–Crippen MR) is 66.9 cm³/mol. The summed E-state index contributed by atoms with van der Waals surface area (Å²) in [5, 5.41) is 14.0. The largest absolute Gasteiger partial charge is 0.396 e. The molecule has 0 saturated heterocycles.